The number of hydrogen-bond donors (Lipinski definition) is 2. The molecule has 1 atom stereocenters. The molecule has 2 amide bonds. The Bertz CT molecular complexity index is 1140. The summed E-state index contributed by atoms with van der Waals surface area (Å²) in [6.07, 6.45) is 1.02. The Balaban J connectivity index is 1.81. The lowest BCUT2D eigenvalue weighted by molar-refractivity contribution is -0.158. The Morgan fingerprint density at radius 1 is 0.919 bits per heavy atom. The van der Waals surface area contributed by atoms with E-state index in [0.717, 1.165) is 22.8 Å². The Kier molecular flexibility index (Phi) is 11.1. The fourth-order valence-electron chi connectivity index (χ4n) is 4.29. The molecule has 37 heavy (non-hydrogen) atoms. The monoisotopic (exact) mass is 505 g/mol. The van der Waals surface area contributed by atoms with Crippen molar-refractivity contribution >= 4 is 28.3 Å². The van der Waals surface area contributed by atoms with Crippen LogP contribution in [0.25, 0.3) is 10.8 Å². The van der Waals surface area contributed by atoms with Gasteiger partial charge in [-0.3, -0.25) is 9.59 Å². The second-order valence-corrected chi connectivity index (χ2v) is 9.01. The second-order valence-electron chi connectivity index (χ2n) is 9.01. The third kappa shape index (κ3) is 8.39. The Morgan fingerprint density at radius 3 is 2.27 bits per heavy atom. The van der Waals surface area contributed by atoms with Gasteiger partial charge in [0.25, 0.3) is 0 Å². The number of anilines is 1. The molecule has 0 fully saturated rings. The zero-order valence-corrected chi connectivity index (χ0v) is 22.1. The Morgan fingerprint density at radius 2 is 1.59 bits per heavy atom. The van der Waals surface area contributed by atoms with Crippen LogP contribution in [0, 0.1) is 0 Å². The van der Waals surface area contributed by atoms with Crippen LogP contribution in [0.15, 0.2) is 66.7 Å². The number of carbonyl (C=O) groups excluding carboxylic acids is 2. The maximum Gasteiger partial charge on any atom is 0.241 e. The summed E-state index contributed by atoms with van der Waals surface area (Å²) in [6.45, 7) is 7.41. The van der Waals surface area contributed by atoms with Gasteiger partial charge in [-0.05, 0) is 61.6 Å². The lowest BCUT2D eigenvalue weighted by atomic mass is 9.98. The molecule has 0 aliphatic rings. The van der Waals surface area contributed by atoms with Gasteiger partial charge in [0.1, 0.15) is 0 Å². The number of nitrogens with zero attached hydrogens (tertiary/aromatic N) is 1. The normalized spacial score (nSPS) is 12.0. The number of benzene rings is 3. The van der Waals surface area contributed by atoms with Gasteiger partial charge in [-0.15, -0.1) is 0 Å². The predicted molar refractivity (Wildman–Crippen MR) is 148 cm³/mol. The Labute approximate surface area is 219 Å². The van der Waals surface area contributed by atoms with Gasteiger partial charge in [0.2, 0.25) is 11.8 Å². The van der Waals surface area contributed by atoms with Crippen LogP contribution in [-0.4, -0.2) is 55.3 Å². The lowest BCUT2D eigenvalue weighted by Crippen LogP contribution is -2.41. The molecule has 0 radical (unpaired) electrons. The quantitative estimate of drug-likeness (QED) is 0.314. The smallest absolute Gasteiger partial charge is 0.241 e. The maximum absolute atomic E-state index is 13.6. The molecule has 3 aromatic carbocycles. The van der Waals surface area contributed by atoms with Gasteiger partial charge in [0.15, 0.2) is 6.29 Å². The average Bonchev–Trinajstić information content (AvgIpc) is 2.90. The van der Waals surface area contributed by atoms with Crippen LogP contribution in [0.4, 0.5) is 5.69 Å². The zero-order valence-electron chi connectivity index (χ0n) is 22.1. The van der Waals surface area contributed by atoms with E-state index in [-0.39, 0.29) is 18.2 Å². The summed E-state index contributed by atoms with van der Waals surface area (Å²) in [6, 6.07) is 21.3. The van der Waals surface area contributed by atoms with Crippen LogP contribution in [-0.2, 0) is 31.9 Å². The van der Waals surface area contributed by atoms with Crippen molar-refractivity contribution in [2.75, 3.05) is 31.6 Å². The van der Waals surface area contributed by atoms with Gasteiger partial charge < -0.3 is 25.4 Å². The molecule has 0 heterocycles. The number of ether oxygens (including phenoxy) is 2. The van der Waals surface area contributed by atoms with Crippen LogP contribution >= 0.6 is 0 Å². The minimum atomic E-state index is -0.636. The fourth-order valence-corrected chi connectivity index (χ4v) is 4.29. The second kappa shape index (κ2) is 14.5. The van der Waals surface area contributed by atoms with E-state index in [1.807, 2.05) is 73.3 Å². The van der Waals surface area contributed by atoms with E-state index in [1.165, 1.54) is 5.56 Å². The average molecular weight is 506 g/mol. The van der Waals surface area contributed by atoms with Gasteiger partial charge in [-0.1, -0.05) is 60.7 Å². The van der Waals surface area contributed by atoms with E-state index < -0.39 is 12.3 Å². The summed E-state index contributed by atoms with van der Waals surface area (Å²) >= 11 is 0. The summed E-state index contributed by atoms with van der Waals surface area (Å²) in [5, 5.41) is 5.00. The van der Waals surface area contributed by atoms with Crippen molar-refractivity contribution in [1.82, 2.24) is 4.90 Å². The molecule has 7 heteroatoms. The molecule has 0 aliphatic heterocycles. The minimum absolute atomic E-state index is 0.0118. The molecule has 0 saturated heterocycles. The summed E-state index contributed by atoms with van der Waals surface area (Å²) < 4.78 is 11.5. The summed E-state index contributed by atoms with van der Waals surface area (Å²) in [5.41, 5.74) is 8.57. The van der Waals surface area contributed by atoms with Gasteiger partial charge in [0, 0.05) is 31.9 Å². The van der Waals surface area contributed by atoms with Gasteiger partial charge >= 0.3 is 0 Å². The molecule has 0 aromatic heterocycles. The molecule has 7 nitrogen and oxygen atoms in total. The molecule has 3 N–H and O–H groups in total. The van der Waals surface area contributed by atoms with E-state index in [1.54, 1.807) is 6.92 Å². The van der Waals surface area contributed by atoms with Crippen molar-refractivity contribution in [1.29, 1.82) is 0 Å². The number of carbonyl (C=O) groups is 2. The van der Waals surface area contributed by atoms with Gasteiger partial charge in [-0.25, -0.2) is 0 Å². The van der Waals surface area contributed by atoms with E-state index in [2.05, 4.69) is 17.4 Å². The molecule has 198 valence electrons. The molecule has 0 aliphatic carbocycles. The van der Waals surface area contributed by atoms with Crippen molar-refractivity contribution in [3.63, 3.8) is 0 Å². The van der Waals surface area contributed by atoms with Crippen molar-refractivity contribution in [3.8, 4) is 0 Å². The van der Waals surface area contributed by atoms with Crippen LogP contribution in [0.5, 0.6) is 0 Å². The number of fused-ring (bicyclic) bond motifs is 1. The first kappa shape index (κ1) is 28.3. The van der Waals surface area contributed by atoms with E-state index in [9.17, 15) is 9.59 Å². The summed E-state index contributed by atoms with van der Waals surface area (Å²) in [4.78, 5) is 27.8. The summed E-state index contributed by atoms with van der Waals surface area (Å²) in [7, 11) is 0. The molecule has 0 bridgehead atoms. The van der Waals surface area contributed by atoms with Gasteiger partial charge in [-0.2, -0.15) is 0 Å². The molecular weight excluding hydrogens is 466 g/mol. The van der Waals surface area contributed by atoms with E-state index >= 15 is 0 Å². The first-order valence-electron chi connectivity index (χ1n) is 13.0. The lowest BCUT2D eigenvalue weighted by Gasteiger charge is -2.28. The van der Waals surface area contributed by atoms with Crippen LogP contribution in [0.2, 0.25) is 0 Å². The topological polar surface area (TPSA) is 93.9 Å². The molecule has 0 saturated carbocycles. The summed E-state index contributed by atoms with van der Waals surface area (Å²) in [5.74, 6) is -0.249. The number of nitrogens with two attached hydrogens (primary N) is 1. The standard InChI is InChI=1S/C30H39N3O4/c1-4-36-29(37-5-2)21-33(20-19-23-11-7-6-8-12-23)28(34)18-16-26-25-14-10-9-13-24(25)15-17-27(26)32-30(35)22(3)31/h6-15,17,22,29H,4-5,16,18-21,31H2,1-3H3,(H,32,35)/t22-/m0/s1. The number of nitrogens with one attached hydrogen (secondary N) is 1. The number of rotatable bonds is 14. The predicted octanol–water partition coefficient (Wildman–Crippen LogP) is 4.53. The Hall–Kier alpha value is -3.26. The van der Waals surface area contributed by atoms with Crippen molar-refractivity contribution in [3.05, 3.63) is 77.9 Å². The SMILES string of the molecule is CCOC(CN(CCc1ccccc1)C(=O)CCc1c(NC(=O)[C@H](C)N)ccc2ccccc12)OCC. The van der Waals surface area contributed by atoms with Gasteiger partial charge in [0.05, 0.1) is 12.6 Å². The number of hydrogen-bond acceptors (Lipinski definition) is 5. The first-order valence-corrected chi connectivity index (χ1v) is 13.0. The highest BCUT2D eigenvalue weighted by molar-refractivity contribution is 5.99. The fraction of sp³-hybridized carbons (Fsp3) is 0.400. The van der Waals surface area contributed by atoms with Crippen molar-refractivity contribution in [2.45, 2.75) is 52.4 Å². The third-order valence-corrected chi connectivity index (χ3v) is 6.24. The largest absolute Gasteiger partial charge is 0.351 e. The van der Waals surface area contributed by atoms with Crippen LogP contribution in [0.3, 0.4) is 0 Å². The molecule has 0 unspecified atom stereocenters. The highest BCUT2D eigenvalue weighted by Crippen LogP contribution is 2.28. The third-order valence-electron chi connectivity index (χ3n) is 6.24. The molecule has 0 spiro atoms. The van der Waals surface area contributed by atoms with Crippen molar-refractivity contribution < 1.29 is 19.1 Å². The van der Waals surface area contributed by atoms with E-state index in [0.29, 0.717) is 38.4 Å². The minimum Gasteiger partial charge on any atom is -0.351 e. The highest BCUT2D eigenvalue weighted by atomic mass is 16.7. The van der Waals surface area contributed by atoms with Crippen molar-refractivity contribution in [2.24, 2.45) is 5.73 Å². The first-order chi connectivity index (χ1) is 17.9. The highest BCUT2D eigenvalue weighted by Gasteiger charge is 2.21. The number of amides is 2. The maximum atomic E-state index is 13.6. The zero-order chi connectivity index (χ0) is 26.6. The molecule has 3 rings (SSSR count). The van der Waals surface area contributed by atoms with E-state index in [4.69, 9.17) is 15.2 Å². The van der Waals surface area contributed by atoms with Crippen LogP contribution < -0.4 is 11.1 Å². The number of aryl methyl sites for hydroxylation is 1. The molecular formula is C30H39N3O4. The molecule has 3 aromatic rings. The van der Waals surface area contributed by atoms with Crippen LogP contribution in [0.1, 0.15) is 38.3 Å².